The van der Waals surface area contributed by atoms with Crippen LogP contribution in [0.15, 0.2) is 42.5 Å². The molecule has 6 heteroatoms. The third-order valence-corrected chi connectivity index (χ3v) is 4.91. The van der Waals surface area contributed by atoms with Gasteiger partial charge in [0.25, 0.3) is 0 Å². The minimum absolute atomic E-state index is 0.0756. The van der Waals surface area contributed by atoms with E-state index in [2.05, 4.69) is 10.6 Å². The summed E-state index contributed by atoms with van der Waals surface area (Å²) >= 11 is 5.96. The van der Waals surface area contributed by atoms with E-state index in [9.17, 15) is 9.59 Å². The highest BCUT2D eigenvalue weighted by Crippen LogP contribution is 2.40. The van der Waals surface area contributed by atoms with Crippen LogP contribution < -0.4 is 15.4 Å². The molecule has 0 bridgehead atoms. The molecule has 1 saturated carbocycles. The lowest BCUT2D eigenvalue weighted by Gasteiger charge is -2.11. The molecule has 142 valence electrons. The molecule has 2 N–H and O–H groups in total. The molecular weight excluding hydrogens is 364 g/mol. The molecule has 1 aliphatic carbocycles. The zero-order valence-electron chi connectivity index (χ0n) is 15.4. The molecule has 27 heavy (non-hydrogen) atoms. The summed E-state index contributed by atoms with van der Waals surface area (Å²) in [6, 6.07) is 13.2. The third-order valence-electron chi connectivity index (χ3n) is 4.68. The van der Waals surface area contributed by atoms with Crippen LogP contribution in [0.1, 0.15) is 17.5 Å². The van der Waals surface area contributed by atoms with Crippen molar-refractivity contribution < 1.29 is 14.3 Å². The van der Waals surface area contributed by atoms with Gasteiger partial charge in [0, 0.05) is 11.6 Å². The lowest BCUT2D eigenvalue weighted by Crippen LogP contribution is -2.29. The maximum Gasteiger partial charge on any atom is 0.228 e. The van der Waals surface area contributed by atoms with Crippen LogP contribution in [-0.2, 0) is 16.0 Å². The summed E-state index contributed by atoms with van der Waals surface area (Å²) < 4.78 is 5.28. The Morgan fingerprint density at radius 1 is 1.15 bits per heavy atom. The zero-order valence-corrected chi connectivity index (χ0v) is 16.2. The van der Waals surface area contributed by atoms with Crippen molar-refractivity contribution in [3.63, 3.8) is 0 Å². The van der Waals surface area contributed by atoms with Crippen LogP contribution in [0.5, 0.6) is 5.75 Å². The van der Waals surface area contributed by atoms with Crippen LogP contribution >= 0.6 is 11.6 Å². The Morgan fingerprint density at radius 3 is 2.67 bits per heavy atom. The van der Waals surface area contributed by atoms with E-state index in [4.69, 9.17) is 16.3 Å². The minimum atomic E-state index is -0.290. The van der Waals surface area contributed by atoms with E-state index in [1.165, 1.54) is 0 Å². The van der Waals surface area contributed by atoms with Gasteiger partial charge in [-0.15, -0.1) is 0 Å². The topological polar surface area (TPSA) is 67.4 Å². The highest BCUT2D eigenvalue weighted by atomic mass is 35.5. The van der Waals surface area contributed by atoms with Gasteiger partial charge in [0.1, 0.15) is 5.75 Å². The number of benzene rings is 2. The molecule has 1 aliphatic rings. The Hall–Kier alpha value is -2.53. The Labute approximate surface area is 164 Å². The first-order chi connectivity index (χ1) is 13.0. The van der Waals surface area contributed by atoms with Gasteiger partial charge in [-0.25, -0.2) is 0 Å². The van der Waals surface area contributed by atoms with Crippen LogP contribution in [0.25, 0.3) is 0 Å². The average Bonchev–Trinajstić information content (AvgIpc) is 3.43. The predicted octanol–water partition coefficient (Wildman–Crippen LogP) is 3.59. The molecule has 2 aromatic carbocycles. The molecule has 0 heterocycles. The summed E-state index contributed by atoms with van der Waals surface area (Å²) in [7, 11) is 1.56. The zero-order chi connectivity index (χ0) is 19.4. The monoisotopic (exact) mass is 386 g/mol. The number of halogens is 1. The first-order valence-corrected chi connectivity index (χ1v) is 9.33. The summed E-state index contributed by atoms with van der Waals surface area (Å²) in [6.45, 7) is 2.47. The average molecular weight is 387 g/mol. The van der Waals surface area contributed by atoms with Gasteiger partial charge in [-0.2, -0.15) is 0 Å². The summed E-state index contributed by atoms with van der Waals surface area (Å²) in [5.74, 6) is -0.166. The Morgan fingerprint density at radius 2 is 1.93 bits per heavy atom. The fourth-order valence-corrected chi connectivity index (χ4v) is 3.29. The largest absolute Gasteiger partial charge is 0.495 e. The molecule has 0 saturated heterocycles. The summed E-state index contributed by atoms with van der Waals surface area (Å²) in [5.41, 5.74) is 2.73. The molecule has 2 unspecified atom stereocenters. The molecule has 3 rings (SSSR count). The molecule has 5 nitrogen and oxygen atoms in total. The molecule has 0 aromatic heterocycles. The Bertz CT molecular complexity index is 853. The van der Waals surface area contributed by atoms with Gasteiger partial charge in [-0.1, -0.05) is 29.8 Å². The first-order valence-electron chi connectivity index (χ1n) is 8.95. The van der Waals surface area contributed by atoms with Gasteiger partial charge in [-0.3, -0.25) is 9.59 Å². The van der Waals surface area contributed by atoms with Gasteiger partial charge in [0.2, 0.25) is 11.8 Å². The number of aryl methyl sites for hydroxylation is 1. The molecule has 2 atom stereocenters. The quantitative estimate of drug-likeness (QED) is 0.764. The van der Waals surface area contributed by atoms with Crippen LogP contribution in [0.3, 0.4) is 0 Å². The second kappa shape index (κ2) is 8.44. The number of ether oxygens (including phenoxy) is 1. The van der Waals surface area contributed by atoms with Crippen molar-refractivity contribution in [2.24, 2.45) is 11.8 Å². The van der Waals surface area contributed by atoms with E-state index in [0.29, 0.717) is 35.8 Å². The van der Waals surface area contributed by atoms with Crippen molar-refractivity contribution in [2.75, 3.05) is 19.0 Å². The van der Waals surface area contributed by atoms with Crippen LogP contribution in [-0.4, -0.2) is 25.5 Å². The van der Waals surface area contributed by atoms with Crippen molar-refractivity contribution in [3.05, 3.63) is 58.6 Å². The van der Waals surface area contributed by atoms with E-state index < -0.39 is 0 Å². The second-order valence-electron chi connectivity index (χ2n) is 6.81. The number of carbonyl (C=O) groups is 2. The third kappa shape index (κ3) is 5.01. The van der Waals surface area contributed by atoms with E-state index in [0.717, 1.165) is 11.1 Å². The SMILES string of the molecule is COc1ccc(C)cc1NC(=O)C1CC1C(=O)NCCc1cccc(Cl)c1. The lowest BCUT2D eigenvalue weighted by atomic mass is 10.1. The number of carbonyl (C=O) groups excluding carboxylic acids is 2. The fraction of sp³-hybridized carbons (Fsp3) is 0.333. The van der Waals surface area contributed by atoms with E-state index in [-0.39, 0.29) is 23.7 Å². The minimum Gasteiger partial charge on any atom is -0.495 e. The Balaban J connectivity index is 1.48. The smallest absolute Gasteiger partial charge is 0.228 e. The lowest BCUT2D eigenvalue weighted by molar-refractivity contribution is -0.125. The van der Waals surface area contributed by atoms with Crippen molar-refractivity contribution in [1.29, 1.82) is 0 Å². The molecule has 0 aliphatic heterocycles. The van der Waals surface area contributed by atoms with E-state index >= 15 is 0 Å². The van der Waals surface area contributed by atoms with Gasteiger partial charge >= 0.3 is 0 Å². The molecule has 1 fully saturated rings. The summed E-state index contributed by atoms with van der Waals surface area (Å²) in [6.07, 6.45) is 1.28. The maximum absolute atomic E-state index is 12.4. The second-order valence-corrected chi connectivity index (χ2v) is 7.25. The number of rotatable bonds is 7. The van der Waals surface area contributed by atoms with Gasteiger partial charge in [0.05, 0.1) is 24.6 Å². The van der Waals surface area contributed by atoms with Gasteiger partial charge in [-0.05, 0) is 55.2 Å². The number of hydrogen-bond donors (Lipinski definition) is 2. The van der Waals surface area contributed by atoms with Crippen molar-refractivity contribution in [3.8, 4) is 5.75 Å². The molecule has 2 amide bonds. The number of hydrogen-bond acceptors (Lipinski definition) is 3. The highest BCUT2D eigenvalue weighted by molar-refractivity contribution is 6.30. The van der Waals surface area contributed by atoms with Crippen molar-refractivity contribution >= 4 is 29.1 Å². The fourth-order valence-electron chi connectivity index (χ4n) is 3.07. The standard InChI is InChI=1S/C21H23ClN2O3/c1-13-6-7-19(27-2)18(10-13)24-21(26)17-12-16(17)20(25)23-9-8-14-4-3-5-15(22)11-14/h3-7,10-11,16-17H,8-9,12H2,1-2H3,(H,23,25)(H,24,26). The van der Waals surface area contributed by atoms with Crippen molar-refractivity contribution in [2.45, 2.75) is 19.8 Å². The van der Waals surface area contributed by atoms with Gasteiger partial charge in [0.15, 0.2) is 0 Å². The number of nitrogens with one attached hydrogen (secondary N) is 2. The molecular formula is C21H23ClN2O3. The summed E-state index contributed by atoms with van der Waals surface area (Å²) in [4.78, 5) is 24.7. The molecule has 0 radical (unpaired) electrons. The van der Waals surface area contributed by atoms with Crippen molar-refractivity contribution in [1.82, 2.24) is 5.32 Å². The van der Waals surface area contributed by atoms with Gasteiger partial charge < -0.3 is 15.4 Å². The maximum atomic E-state index is 12.4. The van der Waals surface area contributed by atoms with E-state index in [1.54, 1.807) is 7.11 Å². The highest BCUT2D eigenvalue weighted by Gasteiger charge is 2.48. The van der Waals surface area contributed by atoms with Crippen LogP contribution in [0.4, 0.5) is 5.69 Å². The van der Waals surface area contributed by atoms with Crippen LogP contribution in [0.2, 0.25) is 5.02 Å². The van der Waals surface area contributed by atoms with Crippen LogP contribution in [0, 0.1) is 18.8 Å². The van der Waals surface area contributed by atoms with E-state index in [1.807, 2.05) is 49.4 Å². The first kappa shape index (κ1) is 19.2. The number of amides is 2. The Kier molecular flexibility index (Phi) is 6.01. The number of anilines is 1. The normalized spacial score (nSPS) is 17.9. The predicted molar refractivity (Wildman–Crippen MR) is 106 cm³/mol. The summed E-state index contributed by atoms with van der Waals surface area (Å²) in [5, 5.41) is 6.47. The molecule has 2 aromatic rings. The number of methoxy groups -OCH3 is 1. The molecule has 0 spiro atoms.